The summed E-state index contributed by atoms with van der Waals surface area (Å²) < 4.78 is 11.7. The fraction of sp³-hybridized carbons (Fsp3) is 0.458. The predicted octanol–water partition coefficient (Wildman–Crippen LogP) is 3.99. The van der Waals surface area contributed by atoms with Crippen LogP contribution in [-0.4, -0.2) is 35.1 Å². The van der Waals surface area contributed by atoms with Crippen LogP contribution in [0.2, 0.25) is 0 Å². The number of ether oxygens (including phenoxy) is 2. The number of aliphatic hydroxyl groups is 1. The van der Waals surface area contributed by atoms with E-state index in [1.165, 1.54) is 0 Å². The van der Waals surface area contributed by atoms with Gasteiger partial charge in [-0.15, -0.1) is 0 Å². The smallest absolute Gasteiger partial charge is 0.407 e. The van der Waals surface area contributed by atoms with E-state index in [2.05, 4.69) is 5.32 Å². The predicted molar refractivity (Wildman–Crippen MR) is 110 cm³/mol. The van der Waals surface area contributed by atoms with E-state index in [0.29, 0.717) is 0 Å². The van der Waals surface area contributed by atoms with Crippen LogP contribution in [0.5, 0.6) is 0 Å². The van der Waals surface area contributed by atoms with Crippen LogP contribution in [0, 0.1) is 5.92 Å². The lowest BCUT2D eigenvalue weighted by atomic mass is 9.67. The Morgan fingerprint density at radius 2 is 1.48 bits per heavy atom. The van der Waals surface area contributed by atoms with Crippen molar-refractivity contribution >= 4 is 6.09 Å². The number of carbonyl (C=O) groups excluding carboxylic acids is 1. The molecule has 0 radical (unpaired) electrons. The van der Waals surface area contributed by atoms with Gasteiger partial charge >= 0.3 is 6.09 Å². The summed E-state index contributed by atoms with van der Waals surface area (Å²) in [7, 11) is 0. The zero-order valence-electron chi connectivity index (χ0n) is 17.2. The van der Waals surface area contributed by atoms with Gasteiger partial charge in [-0.25, -0.2) is 4.79 Å². The van der Waals surface area contributed by atoms with Crippen LogP contribution in [0.25, 0.3) is 0 Å². The molecule has 2 bridgehead atoms. The van der Waals surface area contributed by atoms with Crippen LogP contribution >= 0.6 is 0 Å². The second-order valence-corrected chi connectivity index (χ2v) is 8.99. The maximum atomic E-state index is 12.6. The molecule has 0 unspecified atom stereocenters. The SMILES string of the molecule is CC(C)(C)OC(=O)N[C@H]1[C@@H](C(O)(c2ccccc2)c2ccccc2)[C@@H]2CC[C@H]1O2. The fourth-order valence-corrected chi connectivity index (χ4v) is 4.77. The van der Waals surface area contributed by atoms with Gasteiger partial charge in [0.15, 0.2) is 0 Å². The molecule has 5 heteroatoms. The van der Waals surface area contributed by atoms with E-state index < -0.39 is 17.3 Å². The molecular formula is C24H29NO4. The normalized spacial score (nSPS) is 26.3. The van der Waals surface area contributed by atoms with E-state index in [9.17, 15) is 9.90 Å². The average molecular weight is 395 g/mol. The number of rotatable bonds is 4. The molecule has 2 aromatic carbocycles. The molecule has 0 saturated carbocycles. The summed E-state index contributed by atoms with van der Waals surface area (Å²) >= 11 is 0. The van der Waals surface area contributed by atoms with E-state index in [0.717, 1.165) is 24.0 Å². The Balaban J connectivity index is 1.74. The fourth-order valence-electron chi connectivity index (χ4n) is 4.77. The molecule has 1 amide bonds. The van der Waals surface area contributed by atoms with E-state index in [1.807, 2.05) is 81.4 Å². The molecule has 2 aromatic rings. The third-order valence-electron chi connectivity index (χ3n) is 5.87. The zero-order valence-corrected chi connectivity index (χ0v) is 17.2. The minimum atomic E-state index is -1.29. The molecule has 29 heavy (non-hydrogen) atoms. The molecule has 2 aliphatic heterocycles. The second kappa shape index (κ2) is 7.47. The Hall–Kier alpha value is -2.37. The molecule has 2 N–H and O–H groups in total. The minimum absolute atomic E-state index is 0.128. The lowest BCUT2D eigenvalue weighted by molar-refractivity contribution is -0.0259. The van der Waals surface area contributed by atoms with Crippen LogP contribution in [-0.2, 0) is 15.1 Å². The van der Waals surface area contributed by atoms with Crippen molar-refractivity contribution < 1.29 is 19.4 Å². The highest BCUT2D eigenvalue weighted by molar-refractivity contribution is 5.68. The van der Waals surface area contributed by atoms with Crippen molar-refractivity contribution in [1.29, 1.82) is 0 Å². The molecule has 2 fully saturated rings. The Bertz CT molecular complexity index is 807. The maximum Gasteiger partial charge on any atom is 0.407 e. The lowest BCUT2D eigenvalue weighted by Crippen LogP contribution is -2.55. The number of hydrogen-bond donors (Lipinski definition) is 2. The number of nitrogens with one attached hydrogen (secondary N) is 1. The van der Waals surface area contributed by atoms with Gasteiger partial charge in [0.25, 0.3) is 0 Å². The summed E-state index contributed by atoms with van der Waals surface area (Å²) in [6.07, 6.45) is 0.986. The summed E-state index contributed by atoms with van der Waals surface area (Å²) in [5.74, 6) is -0.321. The molecule has 4 atom stereocenters. The summed E-state index contributed by atoms with van der Waals surface area (Å²) in [5, 5.41) is 15.2. The summed E-state index contributed by atoms with van der Waals surface area (Å²) in [5.41, 5.74) is -0.290. The van der Waals surface area contributed by atoms with Crippen molar-refractivity contribution in [2.75, 3.05) is 0 Å². The Labute approximate surface area is 172 Å². The number of amides is 1. The van der Waals surface area contributed by atoms with Gasteiger partial charge in [-0.1, -0.05) is 60.7 Å². The topological polar surface area (TPSA) is 67.8 Å². The molecule has 0 aromatic heterocycles. The molecule has 4 rings (SSSR count). The van der Waals surface area contributed by atoms with Gasteiger partial charge in [-0.05, 0) is 44.7 Å². The van der Waals surface area contributed by atoms with Gasteiger partial charge in [0.05, 0.1) is 18.2 Å². The zero-order chi connectivity index (χ0) is 20.6. The summed E-state index contributed by atoms with van der Waals surface area (Å²) in [6, 6.07) is 19.0. The average Bonchev–Trinajstić information content (AvgIpc) is 3.29. The van der Waals surface area contributed by atoms with Gasteiger partial charge < -0.3 is 19.9 Å². The number of carbonyl (C=O) groups is 1. The van der Waals surface area contributed by atoms with Crippen LogP contribution < -0.4 is 5.32 Å². The van der Waals surface area contributed by atoms with Gasteiger partial charge in [-0.2, -0.15) is 0 Å². The highest BCUT2D eigenvalue weighted by atomic mass is 16.6. The molecule has 2 saturated heterocycles. The first-order valence-electron chi connectivity index (χ1n) is 10.3. The Kier molecular flexibility index (Phi) is 5.13. The lowest BCUT2D eigenvalue weighted by Gasteiger charge is -2.42. The quantitative estimate of drug-likeness (QED) is 0.821. The molecule has 0 spiro atoms. The largest absolute Gasteiger partial charge is 0.444 e. The van der Waals surface area contributed by atoms with E-state index >= 15 is 0 Å². The molecule has 2 aliphatic rings. The molecule has 154 valence electrons. The van der Waals surface area contributed by atoms with E-state index in [1.54, 1.807) is 0 Å². The van der Waals surface area contributed by atoms with Gasteiger partial charge in [0, 0.05) is 5.92 Å². The molecular weight excluding hydrogens is 366 g/mol. The van der Waals surface area contributed by atoms with Crippen LogP contribution in [0.1, 0.15) is 44.7 Å². The first-order valence-corrected chi connectivity index (χ1v) is 10.3. The minimum Gasteiger partial charge on any atom is -0.444 e. The highest BCUT2D eigenvalue weighted by Gasteiger charge is 2.59. The molecule has 2 heterocycles. The Morgan fingerprint density at radius 3 is 2.00 bits per heavy atom. The van der Waals surface area contributed by atoms with Gasteiger partial charge in [0.2, 0.25) is 0 Å². The van der Waals surface area contributed by atoms with Crippen LogP contribution in [0.3, 0.4) is 0 Å². The summed E-state index contributed by atoms with van der Waals surface area (Å²) in [6.45, 7) is 5.52. The van der Waals surface area contributed by atoms with Crippen molar-refractivity contribution in [2.45, 2.75) is 63.1 Å². The van der Waals surface area contributed by atoms with Crippen molar-refractivity contribution in [3.8, 4) is 0 Å². The van der Waals surface area contributed by atoms with Crippen molar-refractivity contribution in [1.82, 2.24) is 5.32 Å². The molecule has 0 aliphatic carbocycles. The van der Waals surface area contributed by atoms with Crippen molar-refractivity contribution in [2.24, 2.45) is 5.92 Å². The van der Waals surface area contributed by atoms with Crippen LogP contribution in [0.4, 0.5) is 4.79 Å². The van der Waals surface area contributed by atoms with Crippen molar-refractivity contribution in [3.63, 3.8) is 0 Å². The van der Waals surface area contributed by atoms with Gasteiger partial charge in [0.1, 0.15) is 11.2 Å². The molecule has 5 nitrogen and oxygen atoms in total. The Morgan fingerprint density at radius 1 is 0.966 bits per heavy atom. The first-order chi connectivity index (χ1) is 13.8. The third-order valence-corrected chi connectivity index (χ3v) is 5.87. The number of hydrogen-bond acceptors (Lipinski definition) is 4. The monoisotopic (exact) mass is 395 g/mol. The standard InChI is InChI=1S/C24H29NO4/c1-23(2,3)29-22(26)25-21-19-15-14-18(28-19)20(21)24(27,16-10-6-4-7-11-16)17-12-8-5-9-13-17/h4-13,18-21,27H,14-15H2,1-3H3,(H,25,26)/t18-,19+,20-,21+/m0/s1. The number of fused-ring (bicyclic) bond motifs is 2. The highest BCUT2D eigenvalue weighted by Crippen LogP contribution is 2.50. The van der Waals surface area contributed by atoms with Crippen LogP contribution in [0.15, 0.2) is 60.7 Å². The van der Waals surface area contributed by atoms with E-state index in [-0.39, 0.29) is 24.2 Å². The number of benzene rings is 2. The maximum absolute atomic E-state index is 12.6. The third kappa shape index (κ3) is 3.77. The van der Waals surface area contributed by atoms with E-state index in [4.69, 9.17) is 9.47 Å². The van der Waals surface area contributed by atoms with Gasteiger partial charge in [-0.3, -0.25) is 0 Å². The van der Waals surface area contributed by atoms with Crippen molar-refractivity contribution in [3.05, 3.63) is 71.8 Å². The second-order valence-electron chi connectivity index (χ2n) is 8.99. The first kappa shape index (κ1) is 19.9. The number of alkyl carbamates (subject to hydrolysis) is 1. The summed E-state index contributed by atoms with van der Waals surface area (Å²) in [4.78, 5) is 12.6.